The van der Waals surface area contributed by atoms with E-state index in [1.807, 2.05) is 48.5 Å². The Bertz CT molecular complexity index is 242. The lowest BCUT2D eigenvalue weighted by Gasteiger charge is -2.35. The highest BCUT2D eigenvalue weighted by Gasteiger charge is 2.31. The molecule has 16 heavy (non-hydrogen) atoms. The van der Waals surface area contributed by atoms with Gasteiger partial charge in [-0.2, -0.15) is 0 Å². The summed E-state index contributed by atoms with van der Waals surface area (Å²) in [5.41, 5.74) is 5.08. The number of carbonyl (C=O) groups excluding carboxylic acids is 1. The second kappa shape index (κ2) is 5.04. The lowest BCUT2D eigenvalue weighted by molar-refractivity contribution is 0.0448. The van der Waals surface area contributed by atoms with Crippen molar-refractivity contribution in [3.05, 3.63) is 0 Å². The molecule has 0 aromatic heterocycles. The molecule has 1 amide bonds. The Labute approximate surface area is 98.9 Å². The molecule has 0 rings (SSSR count). The van der Waals surface area contributed by atoms with Crippen molar-refractivity contribution < 1.29 is 9.53 Å². The average Bonchev–Trinajstić information content (AvgIpc) is 1.97. The van der Waals surface area contributed by atoms with Gasteiger partial charge in [0.25, 0.3) is 0 Å². The summed E-state index contributed by atoms with van der Waals surface area (Å²) in [4.78, 5) is 11.6. The van der Waals surface area contributed by atoms with E-state index in [0.29, 0.717) is 5.92 Å². The number of amides is 1. The molecule has 0 aliphatic heterocycles. The van der Waals surface area contributed by atoms with E-state index in [9.17, 15) is 4.79 Å². The van der Waals surface area contributed by atoms with Crippen molar-refractivity contribution in [2.45, 2.75) is 65.6 Å². The molecule has 0 saturated heterocycles. The number of hydrogen-bond donors (Lipinski definition) is 2. The van der Waals surface area contributed by atoms with Gasteiger partial charge < -0.3 is 15.8 Å². The number of nitrogens with one attached hydrogen (secondary N) is 1. The third-order valence-electron chi connectivity index (χ3n) is 2.37. The van der Waals surface area contributed by atoms with E-state index in [-0.39, 0.29) is 6.04 Å². The number of hydrogen-bond acceptors (Lipinski definition) is 3. The summed E-state index contributed by atoms with van der Waals surface area (Å²) in [6.07, 6.45) is -0.423. The summed E-state index contributed by atoms with van der Waals surface area (Å²) in [6.45, 7) is 13.4. The molecule has 4 nitrogen and oxygen atoms in total. The van der Waals surface area contributed by atoms with Crippen LogP contribution in [0.5, 0.6) is 0 Å². The molecule has 0 spiro atoms. The van der Waals surface area contributed by atoms with Gasteiger partial charge in [0.1, 0.15) is 5.60 Å². The lowest BCUT2D eigenvalue weighted by Crippen LogP contribution is -2.58. The Morgan fingerprint density at radius 2 is 1.62 bits per heavy atom. The fraction of sp³-hybridized carbons (Fsp3) is 0.917. The van der Waals surface area contributed by atoms with E-state index in [1.54, 1.807) is 0 Å². The van der Waals surface area contributed by atoms with Crippen LogP contribution in [0.2, 0.25) is 0 Å². The second-order valence-electron chi connectivity index (χ2n) is 6.12. The largest absolute Gasteiger partial charge is 0.444 e. The van der Waals surface area contributed by atoms with Gasteiger partial charge in [0.15, 0.2) is 0 Å². The number of ether oxygens (including phenoxy) is 1. The van der Waals surface area contributed by atoms with Crippen molar-refractivity contribution in [3.8, 4) is 0 Å². The summed E-state index contributed by atoms with van der Waals surface area (Å²) in [7, 11) is 0. The first kappa shape index (κ1) is 15.2. The SMILES string of the molecule is CC(C)C(N)C(C)(C)NC(=O)OC(C)(C)C. The zero-order chi connectivity index (χ0) is 13.1. The Kier molecular flexibility index (Phi) is 4.80. The van der Waals surface area contributed by atoms with Crippen LogP contribution in [0.25, 0.3) is 0 Å². The first-order chi connectivity index (χ1) is 6.96. The third-order valence-corrected chi connectivity index (χ3v) is 2.37. The average molecular weight is 230 g/mol. The number of alkyl carbamates (subject to hydrolysis) is 1. The third kappa shape index (κ3) is 5.35. The van der Waals surface area contributed by atoms with Gasteiger partial charge in [-0.25, -0.2) is 4.79 Å². The maximum absolute atomic E-state index is 11.6. The molecule has 0 heterocycles. The van der Waals surface area contributed by atoms with E-state index in [0.717, 1.165) is 0 Å². The Morgan fingerprint density at radius 3 is 1.94 bits per heavy atom. The summed E-state index contributed by atoms with van der Waals surface area (Å²) < 4.78 is 5.20. The van der Waals surface area contributed by atoms with Crippen molar-refractivity contribution in [2.75, 3.05) is 0 Å². The van der Waals surface area contributed by atoms with Crippen molar-refractivity contribution in [3.63, 3.8) is 0 Å². The first-order valence-corrected chi connectivity index (χ1v) is 5.72. The van der Waals surface area contributed by atoms with Crippen LogP contribution < -0.4 is 11.1 Å². The first-order valence-electron chi connectivity index (χ1n) is 5.72. The van der Waals surface area contributed by atoms with Crippen LogP contribution in [0, 0.1) is 5.92 Å². The number of nitrogens with two attached hydrogens (primary N) is 1. The molecule has 1 unspecified atom stereocenters. The maximum Gasteiger partial charge on any atom is 0.408 e. The summed E-state index contributed by atoms with van der Waals surface area (Å²) in [6, 6.07) is -0.111. The van der Waals surface area contributed by atoms with Gasteiger partial charge in [-0.05, 0) is 40.5 Å². The smallest absolute Gasteiger partial charge is 0.408 e. The van der Waals surface area contributed by atoms with E-state index >= 15 is 0 Å². The van der Waals surface area contributed by atoms with E-state index in [4.69, 9.17) is 10.5 Å². The van der Waals surface area contributed by atoms with Crippen LogP contribution >= 0.6 is 0 Å². The van der Waals surface area contributed by atoms with Crippen LogP contribution in [-0.2, 0) is 4.74 Å². The van der Waals surface area contributed by atoms with Crippen molar-refractivity contribution >= 4 is 6.09 Å². The zero-order valence-electron chi connectivity index (χ0n) is 11.5. The Balaban J connectivity index is 4.42. The minimum atomic E-state index is -0.484. The Hall–Kier alpha value is -0.770. The lowest BCUT2D eigenvalue weighted by atomic mass is 9.87. The van der Waals surface area contributed by atoms with Gasteiger partial charge in [-0.3, -0.25) is 0 Å². The molecule has 0 aromatic carbocycles. The highest BCUT2D eigenvalue weighted by molar-refractivity contribution is 5.68. The molecule has 4 heteroatoms. The van der Waals surface area contributed by atoms with Crippen LogP contribution in [0.15, 0.2) is 0 Å². The summed E-state index contributed by atoms with van der Waals surface area (Å²) >= 11 is 0. The van der Waals surface area contributed by atoms with Crippen LogP contribution in [0.1, 0.15) is 48.5 Å². The van der Waals surface area contributed by atoms with Crippen molar-refractivity contribution in [2.24, 2.45) is 11.7 Å². The zero-order valence-corrected chi connectivity index (χ0v) is 11.5. The predicted molar refractivity (Wildman–Crippen MR) is 66.3 cm³/mol. The van der Waals surface area contributed by atoms with Crippen LogP contribution in [0.4, 0.5) is 4.79 Å². The summed E-state index contributed by atoms with van der Waals surface area (Å²) in [5.74, 6) is 0.296. The van der Waals surface area contributed by atoms with E-state index in [2.05, 4.69) is 5.32 Å². The highest BCUT2D eigenvalue weighted by atomic mass is 16.6. The minimum Gasteiger partial charge on any atom is -0.444 e. The molecule has 3 N–H and O–H groups in total. The van der Waals surface area contributed by atoms with Crippen molar-refractivity contribution in [1.29, 1.82) is 0 Å². The second-order valence-corrected chi connectivity index (χ2v) is 6.12. The molecule has 1 atom stereocenters. The van der Waals surface area contributed by atoms with Gasteiger partial charge in [0.05, 0.1) is 5.54 Å². The van der Waals surface area contributed by atoms with E-state index in [1.165, 1.54) is 0 Å². The van der Waals surface area contributed by atoms with Crippen LogP contribution in [-0.4, -0.2) is 23.3 Å². The van der Waals surface area contributed by atoms with Gasteiger partial charge in [0.2, 0.25) is 0 Å². The monoisotopic (exact) mass is 230 g/mol. The molecule has 0 aliphatic carbocycles. The standard InChI is InChI=1S/C12H26N2O2/c1-8(2)9(13)12(6,7)14-10(15)16-11(3,4)5/h8-9H,13H2,1-7H3,(H,14,15). The topological polar surface area (TPSA) is 64.3 Å². The quantitative estimate of drug-likeness (QED) is 0.781. The summed E-state index contributed by atoms with van der Waals surface area (Å²) in [5, 5.41) is 2.81. The van der Waals surface area contributed by atoms with E-state index < -0.39 is 17.2 Å². The van der Waals surface area contributed by atoms with Gasteiger partial charge in [0, 0.05) is 6.04 Å². The number of carbonyl (C=O) groups is 1. The highest BCUT2D eigenvalue weighted by Crippen LogP contribution is 2.16. The van der Waals surface area contributed by atoms with Gasteiger partial charge in [-0.1, -0.05) is 13.8 Å². The fourth-order valence-corrected chi connectivity index (χ4v) is 1.48. The molecule has 96 valence electrons. The molecule has 0 bridgehead atoms. The molecule has 0 radical (unpaired) electrons. The number of rotatable bonds is 3. The molecular formula is C12H26N2O2. The van der Waals surface area contributed by atoms with Crippen LogP contribution in [0.3, 0.4) is 0 Å². The van der Waals surface area contributed by atoms with Gasteiger partial charge in [-0.15, -0.1) is 0 Å². The predicted octanol–water partition coefficient (Wildman–Crippen LogP) is 2.27. The maximum atomic E-state index is 11.6. The minimum absolute atomic E-state index is 0.111. The molecule has 0 aromatic rings. The molecule has 0 aliphatic rings. The molecular weight excluding hydrogens is 204 g/mol. The normalized spacial score (nSPS) is 14.8. The fourth-order valence-electron chi connectivity index (χ4n) is 1.48. The van der Waals surface area contributed by atoms with Crippen molar-refractivity contribution in [1.82, 2.24) is 5.32 Å². The molecule has 0 fully saturated rings. The molecule has 0 saturated carbocycles. The van der Waals surface area contributed by atoms with Gasteiger partial charge >= 0.3 is 6.09 Å². The Morgan fingerprint density at radius 1 is 1.19 bits per heavy atom.